The van der Waals surface area contributed by atoms with Gasteiger partial charge >= 0.3 is 35.8 Å². The number of esters is 6. The van der Waals surface area contributed by atoms with Crippen molar-refractivity contribution in [3.05, 3.63) is 0 Å². The van der Waals surface area contributed by atoms with Crippen LogP contribution in [0.5, 0.6) is 0 Å². The molecule has 2 N–H and O–H groups in total. The zero-order valence-corrected chi connectivity index (χ0v) is 25.2. The molecule has 2 heterocycles. The van der Waals surface area contributed by atoms with Crippen molar-refractivity contribution < 1.29 is 81.3 Å². The van der Waals surface area contributed by atoms with E-state index in [0.29, 0.717) is 0 Å². The largest absolute Gasteiger partial charge is 0.463 e. The van der Waals surface area contributed by atoms with Crippen LogP contribution >= 0.6 is 0 Å². The first kappa shape index (κ1) is 36.3. The van der Waals surface area contributed by atoms with Crippen LogP contribution in [0.2, 0.25) is 0 Å². The van der Waals surface area contributed by atoms with E-state index in [1.54, 1.807) is 0 Å². The van der Waals surface area contributed by atoms with Gasteiger partial charge in [-0.15, -0.1) is 0 Å². The van der Waals surface area contributed by atoms with Gasteiger partial charge in [-0.2, -0.15) is 0 Å². The number of rotatable bonds is 11. The fourth-order valence-electron chi connectivity index (χ4n) is 4.59. The van der Waals surface area contributed by atoms with E-state index >= 15 is 0 Å². The molecule has 0 aromatic rings. The molecule has 0 aliphatic carbocycles. The quantitative estimate of drug-likeness (QED) is 0.188. The van der Waals surface area contributed by atoms with Crippen molar-refractivity contribution in [1.82, 2.24) is 5.32 Å². The third kappa shape index (κ3) is 10.7. The summed E-state index contributed by atoms with van der Waals surface area (Å²) >= 11 is 0. The van der Waals surface area contributed by atoms with Gasteiger partial charge in [0.1, 0.15) is 37.6 Å². The van der Waals surface area contributed by atoms with Crippen LogP contribution in [0, 0.1) is 0 Å². The minimum atomic E-state index is -1.79. The van der Waals surface area contributed by atoms with Crippen LogP contribution in [-0.2, 0) is 76.2 Å². The van der Waals surface area contributed by atoms with Gasteiger partial charge in [-0.25, -0.2) is 0 Å². The highest BCUT2D eigenvalue weighted by Gasteiger charge is 2.56. The molecule has 44 heavy (non-hydrogen) atoms. The second kappa shape index (κ2) is 16.3. The highest BCUT2D eigenvalue weighted by Crippen LogP contribution is 2.34. The summed E-state index contributed by atoms with van der Waals surface area (Å²) in [6.45, 7) is 6.33. The number of ether oxygens (including phenoxy) is 9. The van der Waals surface area contributed by atoms with E-state index in [2.05, 4.69) is 5.32 Å². The lowest BCUT2D eigenvalue weighted by Crippen LogP contribution is -2.68. The maximum Gasteiger partial charge on any atom is 0.303 e. The van der Waals surface area contributed by atoms with Gasteiger partial charge in [0.2, 0.25) is 5.91 Å². The number of aliphatic hydroxyl groups excluding tert-OH is 1. The second-order valence-corrected chi connectivity index (χ2v) is 9.84. The van der Waals surface area contributed by atoms with E-state index in [1.807, 2.05) is 0 Å². The summed E-state index contributed by atoms with van der Waals surface area (Å²) < 4.78 is 49.2. The maximum absolute atomic E-state index is 12.2. The SMILES string of the molecule is CC(=O)N[C@H]1C(O)O[C@H](COC(C)=O)[C@@H](O[C@@H]2O[C@@H](COC(C)=O)[C@@H](OC(C)=O)[C@H](OC(C)=O)[C@H]2OC(C)=O)[C@@H]1OC(C)=O. The molecule has 0 radical (unpaired) electrons. The summed E-state index contributed by atoms with van der Waals surface area (Å²) in [5, 5.41) is 13.1. The van der Waals surface area contributed by atoms with E-state index in [-0.39, 0.29) is 0 Å². The van der Waals surface area contributed by atoms with Crippen LogP contribution in [0.1, 0.15) is 48.5 Å². The van der Waals surface area contributed by atoms with Gasteiger partial charge in [0, 0.05) is 48.5 Å². The minimum absolute atomic E-state index is 0.559. The third-order valence-corrected chi connectivity index (χ3v) is 6.03. The fraction of sp³-hybridized carbons (Fsp3) is 0.731. The number of amides is 1. The highest BCUT2D eigenvalue weighted by atomic mass is 16.8. The molecule has 10 atom stereocenters. The lowest BCUT2D eigenvalue weighted by atomic mass is 9.95. The predicted octanol–water partition coefficient (Wildman–Crippen LogP) is -1.83. The Labute approximate surface area is 251 Å². The summed E-state index contributed by atoms with van der Waals surface area (Å²) in [4.78, 5) is 83.6. The number of carbonyl (C=O) groups is 7. The Morgan fingerprint density at radius 1 is 0.568 bits per heavy atom. The molecule has 18 heteroatoms. The van der Waals surface area contributed by atoms with Crippen molar-refractivity contribution in [3.63, 3.8) is 0 Å². The summed E-state index contributed by atoms with van der Waals surface area (Å²) in [5.74, 6) is -5.68. The van der Waals surface area contributed by atoms with Crippen LogP contribution in [0.15, 0.2) is 0 Å². The molecule has 2 saturated heterocycles. The molecule has 248 valence electrons. The van der Waals surface area contributed by atoms with Gasteiger partial charge in [-0.05, 0) is 0 Å². The predicted molar refractivity (Wildman–Crippen MR) is 138 cm³/mol. The normalized spacial score (nSPS) is 31.5. The molecule has 2 aliphatic heterocycles. The standard InChI is InChI=1S/C26H37NO17/c1-10(28)27-19-22(39-14(5)32)20(17(42-25(19)35)8-36-11(2)29)44-26-24(41-16(7)34)23(40-15(6)33)21(38-13(4)31)18(43-26)9-37-12(3)30/h17-26,35H,8-9H2,1-7H3,(H,27,28)/t17-,18+,19-,20-,21-,22-,23+,24-,25?,26+/m1/s1. The molecule has 18 nitrogen and oxygen atoms in total. The van der Waals surface area contributed by atoms with Crippen LogP contribution < -0.4 is 5.32 Å². The van der Waals surface area contributed by atoms with Crippen molar-refractivity contribution in [2.24, 2.45) is 0 Å². The molecule has 0 bridgehead atoms. The first-order valence-corrected chi connectivity index (χ1v) is 13.4. The van der Waals surface area contributed by atoms with E-state index in [0.717, 1.165) is 48.5 Å². The van der Waals surface area contributed by atoms with Gasteiger partial charge in [0.25, 0.3) is 0 Å². The Kier molecular flexibility index (Phi) is 13.4. The minimum Gasteiger partial charge on any atom is -0.463 e. The summed E-state index contributed by atoms with van der Waals surface area (Å²) in [7, 11) is 0. The van der Waals surface area contributed by atoms with Gasteiger partial charge in [-0.3, -0.25) is 33.6 Å². The van der Waals surface area contributed by atoms with Crippen LogP contribution in [-0.4, -0.2) is 121 Å². The number of hydrogen-bond donors (Lipinski definition) is 2. The molecular formula is C26H37NO17. The zero-order valence-electron chi connectivity index (χ0n) is 25.2. The summed E-state index contributed by atoms with van der Waals surface area (Å²) in [6.07, 6.45) is -14.2. The van der Waals surface area contributed by atoms with Gasteiger partial charge < -0.3 is 53.1 Å². The first-order chi connectivity index (χ1) is 20.5. The van der Waals surface area contributed by atoms with E-state index in [9.17, 15) is 38.7 Å². The second-order valence-electron chi connectivity index (χ2n) is 9.84. The number of hydrogen-bond acceptors (Lipinski definition) is 17. The fourth-order valence-corrected chi connectivity index (χ4v) is 4.59. The lowest BCUT2D eigenvalue weighted by molar-refractivity contribution is -0.347. The number of aliphatic hydroxyl groups is 1. The molecule has 0 aromatic heterocycles. The Morgan fingerprint density at radius 3 is 1.45 bits per heavy atom. The summed E-state index contributed by atoms with van der Waals surface area (Å²) in [5.41, 5.74) is 0. The molecule has 2 aliphatic rings. The monoisotopic (exact) mass is 635 g/mol. The molecule has 2 rings (SSSR count). The maximum atomic E-state index is 12.2. The Morgan fingerprint density at radius 2 is 1.00 bits per heavy atom. The van der Waals surface area contributed by atoms with E-state index in [1.165, 1.54) is 0 Å². The van der Waals surface area contributed by atoms with Crippen molar-refractivity contribution in [2.75, 3.05) is 13.2 Å². The molecule has 0 spiro atoms. The zero-order chi connectivity index (χ0) is 33.3. The molecular weight excluding hydrogens is 598 g/mol. The number of nitrogens with one attached hydrogen (secondary N) is 1. The van der Waals surface area contributed by atoms with Crippen LogP contribution in [0.4, 0.5) is 0 Å². The topological polar surface area (TPSA) is 235 Å². The Bertz CT molecular complexity index is 1090. The lowest BCUT2D eigenvalue weighted by Gasteiger charge is -2.48. The highest BCUT2D eigenvalue weighted by molar-refractivity contribution is 5.73. The van der Waals surface area contributed by atoms with Crippen LogP contribution in [0.3, 0.4) is 0 Å². The van der Waals surface area contributed by atoms with Crippen molar-refractivity contribution in [1.29, 1.82) is 0 Å². The smallest absolute Gasteiger partial charge is 0.303 e. The number of carbonyl (C=O) groups excluding carboxylic acids is 7. The molecule has 0 saturated carbocycles. The third-order valence-electron chi connectivity index (χ3n) is 6.03. The first-order valence-electron chi connectivity index (χ1n) is 13.4. The van der Waals surface area contributed by atoms with E-state index in [4.69, 9.17) is 42.6 Å². The summed E-state index contributed by atoms with van der Waals surface area (Å²) in [6, 6.07) is -1.43. The van der Waals surface area contributed by atoms with Crippen molar-refractivity contribution in [3.8, 4) is 0 Å². The molecule has 1 unspecified atom stereocenters. The Hall–Kier alpha value is -3.87. The van der Waals surface area contributed by atoms with Gasteiger partial charge in [0.05, 0.1) is 0 Å². The van der Waals surface area contributed by atoms with Crippen LogP contribution in [0.25, 0.3) is 0 Å². The van der Waals surface area contributed by atoms with Crippen molar-refractivity contribution >= 4 is 41.7 Å². The van der Waals surface area contributed by atoms with Gasteiger partial charge in [-0.1, -0.05) is 0 Å². The Balaban J connectivity index is 2.66. The molecule has 0 aromatic carbocycles. The van der Waals surface area contributed by atoms with Crippen molar-refractivity contribution in [2.45, 2.75) is 110 Å². The average molecular weight is 636 g/mol. The molecule has 2 fully saturated rings. The van der Waals surface area contributed by atoms with E-state index < -0.39 is 116 Å². The van der Waals surface area contributed by atoms with Gasteiger partial charge in [0.15, 0.2) is 37.0 Å². The average Bonchev–Trinajstić information content (AvgIpc) is 2.87. The molecule has 1 amide bonds.